The van der Waals surface area contributed by atoms with Crippen molar-refractivity contribution < 1.29 is 37.3 Å². The molecule has 0 spiro atoms. The zero-order valence-corrected chi connectivity index (χ0v) is 38.4. The van der Waals surface area contributed by atoms with Gasteiger partial charge in [-0.05, 0) is 70.6 Å². The zero-order chi connectivity index (χ0) is 42.0. The second-order valence-electron chi connectivity index (χ2n) is 16.4. The first-order valence-corrected chi connectivity index (χ1v) is 24.5. The highest BCUT2D eigenvalue weighted by Gasteiger charge is 2.20. The van der Waals surface area contributed by atoms with Crippen LogP contribution in [0, 0.1) is 0 Å². The summed E-state index contributed by atoms with van der Waals surface area (Å²) in [6.45, 7) is 5.24. The Morgan fingerprint density at radius 1 is 0.561 bits per heavy atom. The van der Waals surface area contributed by atoms with E-state index in [0.717, 1.165) is 57.8 Å². The van der Waals surface area contributed by atoms with E-state index in [-0.39, 0.29) is 25.8 Å². The van der Waals surface area contributed by atoms with Crippen molar-refractivity contribution in [3.05, 3.63) is 60.8 Å². The lowest BCUT2D eigenvalue weighted by Crippen LogP contribution is -2.37. The van der Waals surface area contributed by atoms with E-state index in [4.69, 9.17) is 18.5 Å². The Balaban J connectivity index is 4.16. The number of ether oxygens (including phenoxy) is 2. The van der Waals surface area contributed by atoms with Crippen LogP contribution in [0.1, 0.15) is 181 Å². The van der Waals surface area contributed by atoms with E-state index in [1.165, 1.54) is 103 Å². The predicted molar refractivity (Wildman–Crippen MR) is 240 cm³/mol. The topological polar surface area (TPSA) is 94.1 Å². The third-order valence-corrected chi connectivity index (χ3v) is 10.5. The van der Waals surface area contributed by atoms with Crippen LogP contribution in [-0.2, 0) is 27.9 Å². The number of rotatable bonds is 42. The first-order valence-electron chi connectivity index (χ1n) is 23.0. The number of carbonyl (C=O) groups excluding carboxylic acids is 1. The number of esters is 1. The van der Waals surface area contributed by atoms with Crippen molar-refractivity contribution in [2.45, 2.75) is 187 Å². The summed E-state index contributed by atoms with van der Waals surface area (Å²) >= 11 is 0. The Bertz CT molecular complexity index is 1090. The average Bonchev–Trinajstić information content (AvgIpc) is 3.16. The highest BCUT2D eigenvalue weighted by molar-refractivity contribution is 7.45. The van der Waals surface area contributed by atoms with Gasteiger partial charge in [-0.2, -0.15) is 0 Å². The highest BCUT2D eigenvalue weighted by atomic mass is 31.2. The molecule has 0 aliphatic carbocycles. The first kappa shape index (κ1) is 55.2. The van der Waals surface area contributed by atoms with E-state index < -0.39 is 13.9 Å². The molecule has 57 heavy (non-hydrogen) atoms. The van der Waals surface area contributed by atoms with Gasteiger partial charge in [0, 0.05) is 13.0 Å². The van der Waals surface area contributed by atoms with Gasteiger partial charge < -0.3 is 27.9 Å². The molecule has 0 rings (SSSR count). The molecule has 0 N–H and O–H groups in total. The Kier molecular flexibility index (Phi) is 39.7. The van der Waals surface area contributed by atoms with Crippen LogP contribution in [0.5, 0.6) is 0 Å². The van der Waals surface area contributed by atoms with Crippen molar-refractivity contribution in [2.75, 3.05) is 54.1 Å². The summed E-state index contributed by atoms with van der Waals surface area (Å²) in [7, 11) is 1.34. The molecule has 0 aromatic rings. The molecule has 0 saturated carbocycles. The van der Waals surface area contributed by atoms with Crippen molar-refractivity contribution in [1.82, 2.24) is 0 Å². The number of quaternary nitrogens is 1. The largest absolute Gasteiger partial charge is 0.756 e. The summed E-state index contributed by atoms with van der Waals surface area (Å²) in [6, 6.07) is 0. The SMILES string of the molecule is CC/C=C\C/C=C\C/C=C\C/C=C\CCCCCCCCCCCCC(=O)OC(COCCCCCCCC/C=C\CCCC)COP(=O)([O-])OCC[N+](C)(C)C. The molecule has 0 heterocycles. The lowest BCUT2D eigenvalue weighted by Gasteiger charge is -2.28. The Hall–Kier alpha value is -1.80. The van der Waals surface area contributed by atoms with Gasteiger partial charge in [-0.3, -0.25) is 9.36 Å². The van der Waals surface area contributed by atoms with Crippen LogP contribution >= 0.6 is 7.82 Å². The van der Waals surface area contributed by atoms with Gasteiger partial charge in [0.25, 0.3) is 7.82 Å². The van der Waals surface area contributed by atoms with Gasteiger partial charge in [0.2, 0.25) is 0 Å². The molecule has 8 nitrogen and oxygen atoms in total. The lowest BCUT2D eigenvalue weighted by molar-refractivity contribution is -0.870. The molecule has 0 radical (unpaired) electrons. The fourth-order valence-corrected chi connectivity index (χ4v) is 6.72. The van der Waals surface area contributed by atoms with Gasteiger partial charge in [-0.25, -0.2) is 0 Å². The van der Waals surface area contributed by atoms with Crippen LogP contribution in [0.2, 0.25) is 0 Å². The maximum atomic E-state index is 12.7. The summed E-state index contributed by atoms with van der Waals surface area (Å²) in [5, 5.41) is 0. The second kappa shape index (κ2) is 41.0. The molecular weight excluding hydrogens is 734 g/mol. The number of nitrogens with zero attached hydrogens (tertiary/aromatic N) is 1. The van der Waals surface area contributed by atoms with Crippen molar-refractivity contribution in [3.8, 4) is 0 Å². The summed E-state index contributed by atoms with van der Waals surface area (Å²) in [6.07, 6.45) is 50.9. The Morgan fingerprint density at radius 3 is 1.54 bits per heavy atom. The van der Waals surface area contributed by atoms with Crippen molar-refractivity contribution >= 4 is 13.8 Å². The van der Waals surface area contributed by atoms with Gasteiger partial charge in [-0.15, -0.1) is 0 Å². The molecule has 2 unspecified atom stereocenters. The van der Waals surface area contributed by atoms with Gasteiger partial charge >= 0.3 is 5.97 Å². The molecule has 332 valence electrons. The summed E-state index contributed by atoms with van der Waals surface area (Å²) in [4.78, 5) is 25.1. The fraction of sp³-hybridized carbons (Fsp3) is 0.771. The van der Waals surface area contributed by atoms with E-state index in [1.54, 1.807) is 0 Å². The van der Waals surface area contributed by atoms with Crippen LogP contribution in [0.15, 0.2) is 60.8 Å². The molecule has 0 aromatic heterocycles. The minimum absolute atomic E-state index is 0.0220. The normalized spacial score (nSPS) is 14.3. The van der Waals surface area contributed by atoms with Crippen molar-refractivity contribution in [1.29, 1.82) is 0 Å². The van der Waals surface area contributed by atoms with E-state index in [9.17, 15) is 14.3 Å². The average molecular weight is 822 g/mol. The van der Waals surface area contributed by atoms with Gasteiger partial charge in [0.1, 0.15) is 19.3 Å². The smallest absolute Gasteiger partial charge is 0.306 e. The number of phosphoric acid groups is 1. The molecule has 0 aliphatic rings. The molecule has 0 bridgehead atoms. The first-order chi connectivity index (χ1) is 27.6. The van der Waals surface area contributed by atoms with Crippen LogP contribution in [-0.4, -0.2) is 70.7 Å². The number of carbonyl (C=O) groups is 1. The minimum Gasteiger partial charge on any atom is -0.756 e. The van der Waals surface area contributed by atoms with E-state index in [0.29, 0.717) is 24.1 Å². The number of hydrogen-bond donors (Lipinski definition) is 0. The summed E-state index contributed by atoms with van der Waals surface area (Å²) < 4.78 is 34.6. The van der Waals surface area contributed by atoms with E-state index >= 15 is 0 Å². The quantitative estimate of drug-likeness (QED) is 0.0199. The molecule has 2 atom stereocenters. The van der Waals surface area contributed by atoms with E-state index in [1.807, 2.05) is 21.1 Å². The number of hydrogen-bond acceptors (Lipinski definition) is 7. The third kappa shape index (κ3) is 45.1. The fourth-order valence-electron chi connectivity index (χ4n) is 5.99. The molecule has 0 aliphatic heterocycles. The number of allylic oxidation sites excluding steroid dienone is 10. The minimum atomic E-state index is -4.53. The van der Waals surface area contributed by atoms with Crippen LogP contribution < -0.4 is 4.89 Å². The molecule has 0 aromatic carbocycles. The van der Waals surface area contributed by atoms with E-state index in [2.05, 4.69) is 74.6 Å². The molecule has 9 heteroatoms. The Labute approximate surface area is 351 Å². The number of unbranched alkanes of at least 4 members (excludes halogenated alkanes) is 18. The van der Waals surface area contributed by atoms with Crippen LogP contribution in [0.4, 0.5) is 0 Å². The third-order valence-electron chi connectivity index (χ3n) is 9.55. The molecule has 0 fully saturated rings. The predicted octanol–water partition coefficient (Wildman–Crippen LogP) is 13.1. The Morgan fingerprint density at radius 2 is 1.02 bits per heavy atom. The van der Waals surface area contributed by atoms with Crippen LogP contribution in [0.25, 0.3) is 0 Å². The maximum absolute atomic E-state index is 12.7. The number of likely N-dealkylation sites (N-methyl/N-ethyl adjacent to an activating group) is 1. The van der Waals surface area contributed by atoms with Gasteiger partial charge in [0.15, 0.2) is 0 Å². The maximum Gasteiger partial charge on any atom is 0.306 e. The standard InChI is InChI=1S/C48H88NO7P/c1-6-8-10-12-14-16-18-20-21-22-23-24-25-26-27-28-29-30-31-33-35-37-39-41-48(50)56-47(46-55-57(51,52)54-44-42-49(3,4)5)45-53-43-40-38-36-34-32-19-17-15-13-11-9-7-2/h8,10,13-16,20-21,23-24,47H,6-7,9,11-12,17-19,22,25-46H2,1-5H3/b10-8-,15-13-,16-14-,21-20-,24-23-. The second-order valence-corrected chi connectivity index (χ2v) is 17.8. The monoisotopic (exact) mass is 822 g/mol. The van der Waals surface area contributed by atoms with Gasteiger partial charge in [-0.1, -0.05) is 164 Å². The molecule has 0 saturated heterocycles. The zero-order valence-electron chi connectivity index (χ0n) is 37.5. The highest BCUT2D eigenvalue weighted by Crippen LogP contribution is 2.38. The lowest BCUT2D eigenvalue weighted by atomic mass is 10.0. The van der Waals surface area contributed by atoms with Crippen molar-refractivity contribution in [3.63, 3.8) is 0 Å². The van der Waals surface area contributed by atoms with Gasteiger partial charge in [0.05, 0.1) is 34.4 Å². The number of phosphoric ester groups is 1. The molecule has 0 amide bonds. The molecular formula is C48H88NO7P. The van der Waals surface area contributed by atoms with Crippen molar-refractivity contribution in [2.24, 2.45) is 0 Å². The summed E-state index contributed by atoms with van der Waals surface area (Å²) in [5.74, 6) is -0.343. The summed E-state index contributed by atoms with van der Waals surface area (Å²) in [5.41, 5.74) is 0. The van der Waals surface area contributed by atoms with Crippen LogP contribution in [0.3, 0.4) is 0 Å².